The monoisotopic (exact) mass is 241 g/mol. The molecule has 2 aromatic heterocycles. The van der Waals surface area contributed by atoms with E-state index < -0.39 is 0 Å². The van der Waals surface area contributed by atoms with Crippen molar-refractivity contribution in [1.82, 2.24) is 14.8 Å². The Morgan fingerprint density at radius 3 is 2.53 bits per heavy atom. The summed E-state index contributed by atoms with van der Waals surface area (Å²) in [4.78, 5) is 6.46. The van der Waals surface area contributed by atoms with Crippen LogP contribution in [-0.2, 0) is 7.05 Å². The Morgan fingerprint density at radius 1 is 1.35 bits per heavy atom. The molecule has 0 fully saturated rings. The molecule has 0 N–H and O–H groups in total. The molecule has 2 aromatic rings. The van der Waals surface area contributed by atoms with E-state index in [2.05, 4.69) is 22.3 Å². The molecule has 0 aromatic carbocycles. The zero-order valence-corrected chi connectivity index (χ0v) is 13.3. The van der Waals surface area contributed by atoms with Crippen LogP contribution >= 0.6 is 0 Å². The summed E-state index contributed by atoms with van der Waals surface area (Å²) in [5.74, 6) is 1.70. The van der Waals surface area contributed by atoms with E-state index in [1.807, 2.05) is 32.1 Å². The molecule has 0 aliphatic heterocycles. The third-order valence-electron chi connectivity index (χ3n) is 2.61. The average molecular weight is 241 g/mol. The van der Waals surface area contributed by atoms with Crippen LogP contribution in [-0.4, -0.2) is 35.9 Å². The normalized spacial score (nSPS) is 10.2. The van der Waals surface area contributed by atoms with Gasteiger partial charge in [-0.2, -0.15) is 5.10 Å². The molecule has 0 atom stereocenters. The second-order valence-electron chi connectivity index (χ2n) is 4.06. The molecule has 5 nitrogen and oxygen atoms in total. The van der Waals surface area contributed by atoms with Crippen LogP contribution in [0.2, 0.25) is 0 Å². The maximum Gasteiger partial charge on any atom is 1.00 e. The van der Waals surface area contributed by atoms with E-state index in [9.17, 15) is 0 Å². The van der Waals surface area contributed by atoms with Gasteiger partial charge in [-0.15, -0.1) is 0 Å². The van der Waals surface area contributed by atoms with E-state index in [-0.39, 0.29) is 29.6 Å². The Balaban J connectivity index is 0.00000144. The molecule has 0 aliphatic carbocycles. The first-order valence-electron chi connectivity index (χ1n) is 5.16. The predicted molar refractivity (Wildman–Crippen MR) is 66.5 cm³/mol. The van der Waals surface area contributed by atoms with Crippen molar-refractivity contribution in [1.29, 1.82) is 0 Å². The average Bonchev–Trinajstić information content (AvgIpc) is 2.57. The Bertz CT molecular complexity index is 532. The van der Waals surface area contributed by atoms with Gasteiger partial charge in [-0.3, -0.25) is 4.68 Å². The third kappa shape index (κ3) is 2.41. The van der Waals surface area contributed by atoms with Gasteiger partial charge in [0.1, 0.15) is 0 Å². The minimum Gasteiger partial charge on any atom is -0.469 e. The predicted octanol–water partition coefficient (Wildman–Crippen LogP) is -1.02. The van der Waals surface area contributed by atoms with Gasteiger partial charge < -0.3 is 15.2 Å². The number of rotatable bonds is 2. The molecule has 86 valence electrons. The fourth-order valence-electron chi connectivity index (χ4n) is 1.82. The molecule has 0 amide bonds. The van der Waals surface area contributed by atoms with Gasteiger partial charge in [0.2, 0.25) is 0 Å². The number of hydrogen-bond acceptors (Lipinski definition) is 3. The molecule has 0 saturated carbocycles. The van der Waals surface area contributed by atoms with Gasteiger partial charge >= 0.3 is 29.6 Å². The van der Waals surface area contributed by atoms with Gasteiger partial charge in [-0.1, -0.05) is 18.9 Å². The maximum atomic E-state index is 4.46. The van der Waals surface area contributed by atoms with Gasteiger partial charge in [-0.05, 0) is 12.5 Å². The molecule has 17 heavy (non-hydrogen) atoms. The van der Waals surface area contributed by atoms with Crippen molar-refractivity contribution in [3.05, 3.63) is 16.9 Å². The first-order chi connectivity index (χ1) is 7.54. The zero-order chi connectivity index (χ0) is 11.9. The maximum absolute atomic E-state index is 4.46. The number of pyridine rings is 1. The van der Waals surface area contributed by atoms with Crippen LogP contribution in [0.4, 0.5) is 11.6 Å². The summed E-state index contributed by atoms with van der Waals surface area (Å²) in [6.45, 7) is 2.06. The van der Waals surface area contributed by atoms with E-state index in [1.165, 1.54) is 0 Å². The summed E-state index contributed by atoms with van der Waals surface area (Å²) in [5, 5.41) is 9.67. The summed E-state index contributed by atoms with van der Waals surface area (Å²) in [7, 11) is 7.62. The Labute approximate surface area is 123 Å². The molecule has 0 aliphatic rings. The van der Waals surface area contributed by atoms with Crippen molar-refractivity contribution in [2.45, 2.75) is 6.92 Å². The summed E-state index contributed by atoms with van der Waals surface area (Å²) in [6.07, 6.45) is 0. The van der Waals surface area contributed by atoms with Crippen LogP contribution in [0.1, 0.15) is 5.56 Å². The molecule has 0 spiro atoms. The first-order valence-corrected chi connectivity index (χ1v) is 5.16. The van der Waals surface area contributed by atoms with Gasteiger partial charge in [0.25, 0.3) is 0 Å². The number of fused-ring (bicyclic) bond motifs is 1. The number of nitrogens with zero attached hydrogens (tertiary/aromatic N) is 5. The molecule has 0 unspecified atom stereocenters. The molecule has 2 rings (SSSR count). The second-order valence-corrected chi connectivity index (χ2v) is 4.06. The van der Waals surface area contributed by atoms with Crippen molar-refractivity contribution >= 4 is 22.7 Å². The summed E-state index contributed by atoms with van der Waals surface area (Å²) < 4.78 is 1.80. The number of aromatic nitrogens is 3. The van der Waals surface area contributed by atoms with Crippen LogP contribution in [0.5, 0.6) is 0 Å². The molecule has 0 bridgehead atoms. The largest absolute Gasteiger partial charge is 1.00 e. The van der Waals surface area contributed by atoms with E-state index >= 15 is 0 Å². The molecule has 0 saturated heterocycles. The van der Waals surface area contributed by atoms with E-state index in [0.717, 1.165) is 28.2 Å². The zero-order valence-electron chi connectivity index (χ0n) is 11.3. The Kier molecular flexibility index (Phi) is 4.41. The van der Waals surface area contributed by atoms with Crippen molar-refractivity contribution in [2.24, 2.45) is 7.05 Å². The van der Waals surface area contributed by atoms with Gasteiger partial charge in [0, 0.05) is 26.5 Å². The summed E-state index contributed by atoms with van der Waals surface area (Å²) in [5.41, 5.74) is 2.03. The molecule has 6 heteroatoms. The van der Waals surface area contributed by atoms with Gasteiger partial charge in [-0.25, -0.2) is 0 Å². The van der Waals surface area contributed by atoms with Crippen molar-refractivity contribution in [3.63, 3.8) is 0 Å². The fraction of sp³-hybridized carbons (Fsp3) is 0.455. The minimum absolute atomic E-state index is 0. The molecular weight excluding hydrogens is 225 g/mol. The van der Waals surface area contributed by atoms with E-state index in [1.54, 1.807) is 11.7 Å². The second kappa shape index (κ2) is 5.25. The molecule has 2 heterocycles. The van der Waals surface area contributed by atoms with Crippen LogP contribution in [0.15, 0.2) is 6.07 Å². The Hall–Kier alpha value is -0.780. The summed E-state index contributed by atoms with van der Waals surface area (Å²) in [6, 6.07) is 1.98. The first kappa shape index (κ1) is 14.3. The minimum atomic E-state index is 0. The molecular formula is C11H16N5Na. The smallest absolute Gasteiger partial charge is 0.469 e. The van der Waals surface area contributed by atoms with Crippen LogP contribution < -0.4 is 34.5 Å². The van der Waals surface area contributed by atoms with Crippen molar-refractivity contribution in [2.75, 3.05) is 26.0 Å². The topological polar surface area (TPSA) is 48.1 Å². The number of anilines is 1. The van der Waals surface area contributed by atoms with Crippen molar-refractivity contribution in [3.8, 4) is 0 Å². The van der Waals surface area contributed by atoms with Crippen molar-refractivity contribution < 1.29 is 29.6 Å². The quantitative estimate of drug-likeness (QED) is 0.632. The Morgan fingerprint density at radius 2 is 2.00 bits per heavy atom. The van der Waals surface area contributed by atoms with Crippen LogP contribution in [0.25, 0.3) is 16.4 Å². The summed E-state index contributed by atoms with van der Waals surface area (Å²) >= 11 is 0. The van der Waals surface area contributed by atoms with Gasteiger partial charge in [0.05, 0.1) is 5.65 Å². The SMILES string of the molecule is C[N-]c1cc(C)c2c(N(C)C)nn(C)c2n1.[Na+]. The van der Waals surface area contributed by atoms with Crippen LogP contribution in [0.3, 0.4) is 0 Å². The molecule has 0 radical (unpaired) electrons. The fourth-order valence-corrected chi connectivity index (χ4v) is 1.82. The number of aryl methyl sites for hydroxylation is 2. The van der Waals surface area contributed by atoms with E-state index in [4.69, 9.17) is 0 Å². The van der Waals surface area contributed by atoms with E-state index in [0.29, 0.717) is 0 Å². The van der Waals surface area contributed by atoms with Crippen LogP contribution in [0, 0.1) is 6.92 Å². The number of hydrogen-bond donors (Lipinski definition) is 0. The standard InChI is InChI=1S/C11H16N5.Na/c1-7-6-8(12-2)13-10-9(7)11(15(3)4)14-16(10)5;/h6H,1-5H3;/q-1;+1. The van der Waals surface area contributed by atoms with Gasteiger partial charge in [0.15, 0.2) is 5.82 Å². The third-order valence-corrected chi connectivity index (χ3v) is 2.61.